The molecule has 7 heteroatoms. The molecule has 5 nitrogen and oxygen atoms in total. The molecule has 0 saturated carbocycles. The van der Waals surface area contributed by atoms with Crippen molar-refractivity contribution in [1.29, 1.82) is 0 Å². The van der Waals surface area contributed by atoms with E-state index >= 15 is 0 Å². The van der Waals surface area contributed by atoms with E-state index in [1.54, 1.807) is 6.07 Å². The van der Waals surface area contributed by atoms with E-state index in [4.69, 9.17) is 5.73 Å². The van der Waals surface area contributed by atoms with Gasteiger partial charge in [0.25, 0.3) is 5.91 Å². The predicted molar refractivity (Wildman–Crippen MR) is 74.4 cm³/mol. The summed E-state index contributed by atoms with van der Waals surface area (Å²) < 4.78 is 14.2. The van der Waals surface area contributed by atoms with Crippen molar-refractivity contribution in [3.63, 3.8) is 0 Å². The Balaban J connectivity index is 2.23. The molecule has 100 valence electrons. The fourth-order valence-corrected chi connectivity index (χ4v) is 1.93. The van der Waals surface area contributed by atoms with E-state index in [0.29, 0.717) is 16.6 Å². The molecule has 0 radical (unpaired) electrons. The zero-order chi connectivity index (χ0) is 14.0. The third-order valence-electron chi connectivity index (χ3n) is 2.63. The van der Waals surface area contributed by atoms with E-state index in [-0.39, 0.29) is 17.1 Å². The number of carbonyl (C=O) groups is 1. The number of H-pyrrole nitrogens is 1. The van der Waals surface area contributed by atoms with Crippen molar-refractivity contribution in [2.75, 3.05) is 11.1 Å². The van der Waals surface area contributed by atoms with Crippen LogP contribution in [-0.4, -0.2) is 16.1 Å². The lowest BCUT2D eigenvalue weighted by molar-refractivity contribution is 0.102. The molecule has 1 amide bonds. The summed E-state index contributed by atoms with van der Waals surface area (Å²) in [5.41, 5.74) is 6.89. The van der Waals surface area contributed by atoms with Gasteiger partial charge < -0.3 is 11.1 Å². The molecule has 0 unspecified atom stereocenters. The summed E-state index contributed by atoms with van der Waals surface area (Å²) in [5, 5.41) is 8.95. The first-order valence-electron chi connectivity index (χ1n) is 5.62. The quantitative estimate of drug-likeness (QED) is 0.810. The van der Waals surface area contributed by atoms with Gasteiger partial charge in [-0.25, -0.2) is 4.39 Å². The standard InChI is InChI=1S/C12H12BrFN4O/c1-2-8-10(15)11(18-17-8)12(19)16-9-4-3-6(13)5-7(9)14/h3-5H,2,15H2,1H3,(H,16,19)(H,17,18). The van der Waals surface area contributed by atoms with E-state index in [9.17, 15) is 9.18 Å². The summed E-state index contributed by atoms with van der Waals surface area (Å²) in [6.45, 7) is 1.89. The van der Waals surface area contributed by atoms with Gasteiger partial charge in [-0.1, -0.05) is 22.9 Å². The zero-order valence-electron chi connectivity index (χ0n) is 10.1. The largest absolute Gasteiger partial charge is 0.395 e. The molecular weight excluding hydrogens is 315 g/mol. The second-order valence-corrected chi connectivity index (χ2v) is 4.81. The number of nitrogens with zero attached hydrogens (tertiary/aromatic N) is 1. The first-order valence-corrected chi connectivity index (χ1v) is 6.41. The maximum Gasteiger partial charge on any atom is 0.278 e. The number of benzene rings is 1. The van der Waals surface area contributed by atoms with Crippen LogP contribution in [0.1, 0.15) is 23.1 Å². The molecule has 0 atom stereocenters. The van der Waals surface area contributed by atoms with Crippen molar-refractivity contribution >= 4 is 33.2 Å². The normalized spacial score (nSPS) is 10.5. The van der Waals surface area contributed by atoms with Crippen LogP contribution < -0.4 is 11.1 Å². The van der Waals surface area contributed by atoms with E-state index in [1.807, 2.05) is 6.92 Å². The zero-order valence-corrected chi connectivity index (χ0v) is 11.7. The monoisotopic (exact) mass is 326 g/mol. The molecule has 19 heavy (non-hydrogen) atoms. The van der Waals surface area contributed by atoms with Crippen LogP contribution >= 0.6 is 15.9 Å². The molecule has 1 aromatic carbocycles. The highest BCUT2D eigenvalue weighted by Gasteiger charge is 2.17. The Bertz CT molecular complexity index is 626. The fourth-order valence-electron chi connectivity index (χ4n) is 1.60. The molecule has 0 spiro atoms. The van der Waals surface area contributed by atoms with Gasteiger partial charge in [0.1, 0.15) is 5.82 Å². The maximum absolute atomic E-state index is 13.6. The SMILES string of the molecule is CCc1[nH]nc(C(=O)Nc2ccc(Br)cc2F)c1N. The second-order valence-electron chi connectivity index (χ2n) is 3.90. The lowest BCUT2D eigenvalue weighted by Gasteiger charge is -2.05. The van der Waals surface area contributed by atoms with E-state index in [0.717, 1.165) is 0 Å². The van der Waals surface area contributed by atoms with Gasteiger partial charge >= 0.3 is 0 Å². The second kappa shape index (κ2) is 5.40. The average molecular weight is 327 g/mol. The minimum Gasteiger partial charge on any atom is -0.395 e. The molecule has 1 heterocycles. The topological polar surface area (TPSA) is 83.8 Å². The van der Waals surface area contributed by atoms with E-state index < -0.39 is 11.7 Å². The Labute approximate surface area is 117 Å². The number of aromatic amines is 1. The van der Waals surface area contributed by atoms with Crippen LogP contribution in [0.2, 0.25) is 0 Å². The molecule has 1 aromatic heterocycles. The lowest BCUT2D eigenvalue weighted by atomic mass is 10.2. The smallest absolute Gasteiger partial charge is 0.278 e. The Morgan fingerprint density at radius 1 is 1.58 bits per heavy atom. The number of aromatic nitrogens is 2. The maximum atomic E-state index is 13.6. The van der Waals surface area contributed by atoms with Crippen molar-refractivity contribution in [3.05, 3.63) is 39.9 Å². The van der Waals surface area contributed by atoms with Gasteiger partial charge in [-0.15, -0.1) is 0 Å². The van der Waals surface area contributed by atoms with Crippen LogP contribution in [-0.2, 0) is 6.42 Å². The van der Waals surface area contributed by atoms with Crippen LogP contribution in [0.5, 0.6) is 0 Å². The molecular formula is C12H12BrFN4O. The Morgan fingerprint density at radius 2 is 2.32 bits per heavy atom. The Kier molecular flexibility index (Phi) is 3.84. The molecule has 0 aliphatic rings. The summed E-state index contributed by atoms with van der Waals surface area (Å²) in [4.78, 5) is 11.9. The first-order chi connectivity index (χ1) is 9.02. The third kappa shape index (κ3) is 2.76. The van der Waals surface area contributed by atoms with Crippen molar-refractivity contribution in [2.45, 2.75) is 13.3 Å². The lowest BCUT2D eigenvalue weighted by Crippen LogP contribution is -2.15. The minimum absolute atomic E-state index is 0.0687. The highest BCUT2D eigenvalue weighted by Crippen LogP contribution is 2.21. The van der Waals surface area contributed by atoms with Gasteiger partial charge in [0.05, 0.1) is 17.1 Å². The van der Waals surface area contributed by atoms with Gasteiger partial charge in [-0.2, -0.15) is 5.10 Å². The molecule has 0 saturated heterocycles. The Morgan fingerprint density at radius 3 is 2.89 bits per heavy atom. The molecule has 0 aliphatic heterocycles. The number of hydrogen-bond acceptors (Lipinski definition) is 3. The number of rotatable bonds is 3. The highest BCUT2D eigenvalue weighted by atomic mass is 79.9. The van der Waals surface area contributed by atoms with Crippen molar-refractivity contribution < 1.29 is 9.18 Å². The molecule has 2 rings (SSSR count). The van der Waals surface area contributed by atoms with E-state index in [2.05, 4.69) is 31.4 Å². The Hall–Kier alpha value is -1.89. The van der Waals surface area contributed by atoms with Gasteiger partial charge in [-0.3, -0.25) is 9.89 Å². The number of nitrogens with one attached hydrogen (secondary N) is 2. The van der Waals surface area contributed by atoms with Crippen LogP contribution in [0.25, 0.3) is 0 Å². The minimum atomic E-state index is -0.547. The molecule has 0 bridgehead atoms. The number of anilines is 2. The van der Waals surface area contributed by atoms with Gasteiger partial charge in [0.2, 0.25) is 0 Å². The molecule has 2 aromatic rings. The van der Waals surface area contributed by atoms with E-state index in [1.165, 1.54) is 12.1 Å². The molecule has 0 aliphatic carbocycles. The number of nitrogens with two attached hydrogens (primary N) is 1. The average Bonchev–Trinajstić information content (AvgIpc) is 2.74. The number of halogens is 2. The summed E-state index contributed by atoms with van der Waals surface area (Å²) in [5.74, 6) is -1.08. The summed E-state index contributed by atoms with van der Waals surface area (Å²) in [7, 11) is 0. The van der Waals surface area contributed by atoms with Crippen LogP contribution in [0.15, 0.2) is 22.7 Å². The summed E-state index contributed by atoms with van der Waals surface area (Å²) >= 11 is 3.14. The summed E-state index contributed by atoms with van der Waals surface area (Å²) in [6.07, 6.45) is 0.638. The van der Waals surface area contributed by atoms with Gasteiger partial charge in [0, 0.05) is 4.47 Å². The number of hydrogen-bond donors (Lipinski definition) is 3. The van der Waals surface area contributed by atoms with Crippen molar-refractivity contribution in [2.24, 2.45) is 0 Å². The van der Waals surface area contributed by atoms with Crippen LogP contribution in [0.4, 0.5) is 15.8 Å². The number of amides is 1. The van der Waals surface area contributed by atoms with Gasteiger partial charge in [-0.05, 0) is 24.6 Å². The van der Waals surface area contributed by atoms with Crippen molar-refractivity contribution in [3.8, 4) is 0 Å². The molecule has 4 N–H and O–H groups in total. The number of aryl methyl sites for hydroxylation is 1. The van der Waals surface area contributed by atoms with Gasteiger partial charge in [0.15, 0.2) is 5.69 Å². The van der Waals surface area contributed by atoms with Crippen LogP contribution in [0.3, 0.4) is 0 Å². The molecule has 0 fully saturated rings. The fraction of sp³-hybridized carbons (Fsp3) is 0.167. The highest BCUT2D eigenvalue weighted by molar-refractivity contribution is 9.10. The number of nitrogen functional groups attached to an aromatic ring is 1. The first kappa shape index (κ1) is 13.5. The third-order valence-corrected chi connectivity index (χ3v) is 3.12. The van der Waals surface area contributed by atoms with Crippen LogP contribution in [0, 0.1) is 5.82 Å². The number of carbonyl (C=O) groups excluding carboxylic acids is 1. The van der Waals surface area contributed by atoms with Crippen molar-refractivity contribution in [1.82, 2.24) is 10.2 Å². The predicted octanol–water partition coefficient (Wildman–Crippen LogP) is 2.71. The summed E-state index contributed by atoms with van der Waals surface area (Å²) in [6, 6.07) is 4.35.